The fourth-order valence-corrected chi connectivity index (χ4v) is 4.64. The summed E-state index contributed by atoms with van der Waals surface area (Å²) in [5.41, 5.74) is 6.54. The van der Waals surface area contributed by atoms with Crippen LogP contribution in [0.4, 0.5) is 5.69 Å². The molecule has 0 saturated heterocycles. The molecule has 10 heteroatoms. The molecule has 0 radical (unpaired) electrons. The van der Waals surface area contributed by atoms with Gasteiger partial charge in [0.2, 0.25) is 0 Å². The Hall–Kier alpha value is -4.47. The number of benzene rings is 4. The molecule has 0 atom stereocenters. The van der Waals surface area contributed by atoms with Crippen LogP contribution in [0.5, 0.6) is 11.5 Å². The number of hydrogen-bond acceptors (Lipinski definition) is 6. The molecular formula is C32H30ClN5O3S. The van der Waals surface area contributed by atoms with Crippen molar-refractivity contribution in [3.8, 4) is 17.2 Å². The first-order chi connectivity index (χ1) is 20.2. The smallest absolute Gasteiger partial charge is 0.257 e. The lowest BCUT2D eigenvalue weighted by Gasteiger charge is -2.14. The van der Waals surface area contributed by atoms with Crippen LogP contribution in [0.3, 0.4) is 0 Å². The molecule has 8 nitrogen and oxygen atoms in total. The number of amides is 1. The Kier molecular flexibility index (Phi) is 8.70. The third-order valence-corrected chi connectivity index (χ3v) is 7.18. The van der Waals surface area contributed by atoms with E-state index in [1.54, 1.807) is 35.1 Å². The zero-order chi connectivity index (χ0) is 29.8. The van der Waals surface area contributed by atoms with Crippen molar-refractivity contribution in [1.82, 2.24) is 20.3 Å². The van der Waals surface area contributed by atoms with Crippen molar-refractivity contribution in [2.75, 3.05) is 12.4 Å². The highest BCUT2D eigenvalue weighted by atomic mass is 35.5. The number of hydrogen-bond donors (Lipinski definition) is 2. The minimum absolute atomic E-state index is 0.154. The summed E-state index contributed by atoms with van der Waals surface area (Å²) in [6.45, 7) is 6.59. The van der Waals surface area contributed by atoms with Crippen LogP contribution in [0.15, 0.2) is 78.9 Å². The van der Waals surface area contributed by atoms with Crippen molar-refractivity contribution < 1.29 is 14.3 Å². The standard InChI is InChI=1S/C32H30ClN5O3S/c1-19(2)22-7-12-25(13-8-22)38-36-27-15-20(3)26(17-28(27)37-38)34-32(42)35-31(39)23-9-14-29(30(16-23)40-4)41-18-21-5-10-24(33)11-6-21/h5-17,19H,18H2,1-4H3,(H2,34,35,39,42). The Morgan fingerprint density at radius 2 is 1.64 bits per heavy atom. The minimum Gasteiger partial charge on any atom is -0.493 e. The van der Waals surface area contributed by atoms with E-state index in [0.717, 1.165) is 28.0 Å². The van der Waals surface area contributed by atoms with Crippen LogP contribution in [0.25, 0.3) is 16.7 Å². The quantitative estimate of drug-likeness (QED) is 0.182. The van der Waals surface area contributed by atoms with E-state index in [-0.39, 0.29) is 11.0 Å². The number of rotatable bonds is 8. The van der Waals surface area contributed by atoms with Gasteiger partial charge in [-0.2, -0.15) is 4.80 Å². The molecule has 1 amide bonds. The number of fused-ring (bicyclic) bond motifs is 1. The molecule has 1 heterocycles. The SMILES string of the molecule is COc1cc(C(=O)NC(=S)Nc2cc3nn(-c4ccc(C(C)C)cc4)nc3cc2C)ccc1OCc1ccc(Cl)cc1. The molecule has 0 aliphatic heterocycles. The van der Waals surface area contributed by atoms with Gasteiger partial charge in [0.25, 0.3) is 5.91 Å². The fraction of sp³-hybridized carbons (Fsp3) is 0.188. The molecule has 0 spiro atoms. The Labute approximate surface area is 254 Å². The van der Waals surface area contributed by atoms with Gasteiger partial charge in [0, 0.05) is 16.3 Å². The molecule has 5 rings (SSSR count). The van der Waals surface area contributed by atoms with Gasteiger partial charge in [-0.05, 0) is 96.3 Å². The van der Waals surface area contributed by atoms with Crippen LogP contribution in [-0.2, 0) is 6.61 Å². The van der Waals surface area contributed by atoms with E-state index in [1.807, 2.05) is 43.3 Å². The number of anilines is 1. The zero-order valence-electron chi connectivity index (χ0n) is 23.6. The Morgan fingerprint density at radius 1 is 0.952 bits per heavy atom. The van der Waals surface area contributed by atoms with Crippen LogP contribution in [0.1, 0.15) is 46.8 Å². The van der Waals surface area contributed by atoms with Gasteiger partial charge in [0.15, 0.2) is 16.6 Å². The topological polar surface area (TPSA) is 90.3 Å². The lowest BCUT2D eigenvalue weighted by atomic mass is 10.0. The first-order valence-corrected chi connectivity index (χ1v) is 14.1. The summed E-state index contributed by atoms with van der Waals surface area (Å²) in [5.74, 6) is 1.01. The van der Waals surface area contributed by atoms with Crippen LogP contribution in [0, 0.1) is 6.92 Å². The molecule has 0 aliphatic carbocycles. The molecule has 0 saturated carbocycles. The van der Waals surface area contributed by atoms with E-state index in [4.69, 9.17) is 33.3 Å². The highest BCUT2D eigenvalue weighted by Gasteiger charge is 2.15. The maximum absolute atomic E-state index is 13.0. The van der Waals surface area contributed by atoms with E-state index < -0.39 is 0 Å². The number of aromatic nitrogens is 3. The van der Waals surface area contributed by atoms with Gasteiger partial charge >= 0.3 is 0 Å². The maximum atomic E-state index is 13.0. The number of methoxy groups -OCH3 is 1. The lowest BCUT2D eigenvalue weighted by molar-refractivity contribution is 0.0977. The number of carbonyl (C=O) groups is 1. The third-order valence-electron chi connectivity index (χ3n) is 6.73. The second-order valence-electron chi connectivity index (χ2n) is 10.1. The molecule has 2 N–H and O–H groups in total. The first-order valence-electron chi connectivity index (χ1n) is 13.4. The number of thiocarbonyl (C=S) groups is 1. The maximum Gasteiger partial charge on any atom is 0.257 e. The van der Waals surface area contributed by atoms with Crippen molar-refractivity contribution in [2.24, 2.45) is 0 Å². The average molecular weight is 600 g/mol. The van der Waals surface area contributed by atoms with Crippen molar-refractivity contribution in [3.63, 3.8) is 0 Å². The summed E-state index contributed by atoms with van der Waals surface area (Å²) in [7, 11) is 1.52. The highest BCUT2D eigenvalue weighted by molar-refractivity contribution is 7.80. The number of aryl methyl sites for hydroxylation is 1. The molecule has 42 heavy (non-hydrogen) atoms. The summed E-state index contributed by atoms with van der Waals surface area (Å²) in [4.78, 5) is 14.6. The molecule has 5 aromatic rings. The Bertz CT molecular complexity index is 1750. The number of ether oxygens (including phenoxy) is 2. The summed E-state index contributed by atoms with van der Waals surface area (Å²) in [5, 5.41) is 15.9. The van der Waals surface area contributed by atoms with E-state index in [1.165, 1.54) is 12.7 Å². The van der Waals surface area contributed by atoms with E-state index >= 15 is 0 Å². The van der Waals surface area contributed by atoms with Gasteiger partial charge in [-0.25, -0.2) is 0 Å². The van der Waals surface area contributed by atoms with Gasteiger partial charge in [-0.1, -0.05) is 49.7 Å². The molecular weight excluding hydrogens is 570 g/mol. The predicted octanol–water partition coefficient (Wildman–Crippen LogP) is 7.22. The molecule has 0 fully saturated rings. The monoisotopic (exact) mass is 599 g/mol. The molecule has 0 aliphatic rings. The average Bonchev–Trinajstić information content (AvgIpc) is 3.39. The highest BCUT2D eigenvalue weighted by Crippen LogP contribution is 2.29. The molecule has 0 unspecified atom stereocenters. The lowest BCUT2D eigenvalue weighted by Crippen LogP contribution is -2.34. The first kappa shape index (κ1) is 29.0. The second-order valence-corrected chi connectivity index (χ2v) is 10.9. The van der Waals surface area contributed by atoms with Gasteiger partial charge in [0.05, 0.1) is 12.8 Å². The van der Waals surface area contributed by atoms with Crippen molar-refractivity contribution in [2.45, 2.75) is 33.3 Å². The summed E-state index contributed by atoms with van der Waals surface area (Å²) in [6, 6.07) is 24.3. The van der Waals surface area contributed by atoms with Crippen LogP contribution in [0.2, 0.25) is 5.02 Å². The fourth-order valence-electron chi connectivity index (χ4n) is 4.31. The second kappa shape index (κ2) is 12.6. The van der Waals surface area contributed by atoms with Crippen LogP contribution < -0.4 is 20.1 Å². The summed E-state index contributed by atoms with van der Waals surface area (Å²) >= 11 is 11.4. The van der Waals surface area contributed by atoms with Crippen molar-refractivity contribution in [1.29, 1.82) is 0 Å². The summed E-state index contributed by atoms with van der Waals surface area (Å²) in [6.07, 6.45) is 0. The molecule has 1 aromatic heterocycles. The Morgan fingerprint density at radius 3 is 2.31 bits per heavy atom. The zero-order valence-corrected chi connectivity index (χ0v) is 25.2. The molecule has 4 aromatic carbocycles. The number of nitrogens with one attached hydrogen (secondary N) is 2. The third kappa shape index (κ3) is 6.70. The Balaban J connectivity index is 1.24. The van der Waals surface area contributed by atoms with Crippen LogP contribution >= 0.6 is 23.8 Å². The number of carbonyl (C=O) groups excluding carboxylic acids is 1. The van der Waals surface area contributed by atoms with Gasteiger partial charge in [-0.15, -0.1) is 10.2 Å². The van der Waals surface area contributed by atoms with E-state index in [0.29, 0.717) is 40.1 Å². The normalized spacial score (nSPS) is 11.0. The van der Waals surface area contributed by atoms with E-state index in [9.17, 15) is 4.79 Å². The van der Waals surface area contributed by atoms with Gasteiger partial charge in [0.1, 0.15) is 17.6 Å². The van der Waals surface area contributed by atoms with Crippen molar-refractivity contribution in [3.05, 3.63) is 106 Å². The predicted molar refractivity (Wildman–Crippen MR) is 170 cm³/mol. The summed E-state index contributed by atoms with van der Waals surface area (Å²) < 4.78 is 11.4. The van der Waals surface area contributed by atoms with Gasteiger partial charge in [-0.3, -0.25) is 10.1 Å². The van der Waals surface area contributed by atoms with Crippen molar-refractivity contribution >= 4 is 51.6 Å². The van der Waals surface area contributed by atoms with E-state index in [2.05, 4.69) is 46.8 Å². The van der Waals surface area contributed by atoms with Gasteiger partial charge < -0.3 is 14.8 Å². The molecule has 214 valence electrons. The number of halogens is 1. The largest absolute Gasteiger partial charge is 0.493 e. The minimum atomic E-state index is -0.385. The molecule has 0 bridgehead atoms. The van der Waals surface area contributed by atoms with Crippen LogP contribution in [-0.4, -0.2) is 33.1 Å². The number of nitrogens with zero attached hydrogens (tertiary/aromatic N) is 3.